The van der Waals surface area contributed by atoms with Crippen LogP contribution >= 0.6 is 0 Å². The van der Waals surface area contributed by atoms with Crippen molar-refractivity contribution in [3.05, 3.63) is 35.9 Å². The topological polar surface area (TPSA) is 9.23 Å². The van der Waals surface area contributed by atoms with Crippen LogP contribution in [-0.2, 0) is 6.18 Å². The van der Waals surface area contributed by atoms with Crippen molar-refractivity contribution in [1.82, 2.24) is 0 Å². The first-order valence-electron chi connectivity index (χ1n) is 3.86. The van der Waals surface area contributed by atoms with Gasteiger partial charge in [-0.25, -0.2) is 0 Å². The molecule has 1 aromatic rings. The predicted molar refractivity (Wildman–Crippen MR) is 48.1 cm³/mol. The SMILES string of the molecule is C=Cc1ccc(OC)c(C(F)(F)F)c1. The molecule has 0 bridgehead atoms. The van der Waals surface area contributed by atoms with Gasteiger partial charge in [-0.1, -0.05) is 18.7 Å². The van der Waals surface area contributed by atoms with Crippen LogP contribution in [-0.4, -0.2) is 7.11 Å². The second kappa shape index (κ2) is 3.74. The lowest BCUT2D eigenvalue weighted by Crippen LogP contribution is -2.07. The van der Waals surface area contributed by atoms with Crippen LogP contribution in [0.4, 0.5) is 13.2 Å². The lowest BCUT2D eigenvalue weighted by Gasteiger charge is -2.12. The van der Waals surface area contributed by atoms with Crippen molar-refractivity contribution >= 4 is 6.08 Å². The fourth-order valence-corrected chi connectivity index (χ4v) is 1.07. The van der Waals surface area contributed by atoms with Crippen LogP contribution in [0.25, 0.3) is 6.08 Å². The van der Waals surface area contributed by atoms with Gasteiger partial charge in [0.25, 0.3) is 0 Å². The van der Waals surface area contributed by atoms with Gasteiger partial charge in [0.2, 0.25) is 0 Å². The van der Waals surface area contributed by atoms with E-state index in [1.165, 1.54) is 25.3 Å². The smallest absolute Gasteiger partial charge is 0.419 e. The molecular formula is C10H9F3O. The number of halogens is 3. The molecule has 0 spiro atoms. The Morgan fingerprint density at radius 1 is 1.36 bits per heavy atom. The minimum absolute atomic E-state index is 0.178. The largest absolute Gasteiger partial charge is 0.496 e. The number of hydrogen-bond donors (Lipinski definition) is 0. The first-order valence-corrected chi connectivity index (χ1v) is 3.86. The molecule has 4 heteroatoms. The van der Waals surface area contributed by atoms with Crippen molar-refractivity contribution in [1.29, 1.82) is 0 Å². The zero-order chi connectivity index (χ0) is 10.8. The minimum Gasteiger partial charge on any atom is -0.496 e. The number of hydrogen-bond acceptors (Lipinski definition) is 1. The summed E-state index contributed by atoms with van der Waals surface area (Å²) in [5.74, 6) is -0.178. The molecule has 0 N–H and O–H groups in total. The van der Waals surface area contributed by atoms with Crippen LogP contribution in [0.2, 0.25) is 0 Å². The van der Waals surface area contributed by atoms with Gasteiger partial charge in [0.05, 0.1) is 12.7 Å². The van der Waals surface area contributed by atoms with Gasteiger partial charge < -0.3 is 4.74 Å². The Morgan fingerprint density at radius 2 is 2.00 bits per heavy atom. The van der Waals surface area contributed by atoms with Crippen molar-refractivity contribution < 1.29 is 17.9 Å². The van der Waals surface area contributed by atoms with E-state index in [4.69, 9.17) is 0 Å². The van der Waals surface area contributed by atoms with Crippen LogP contribution in [0.1, 0.15) is 11.1 Å². The second-order valence-electron chi connectivity index (χ2n) is 2.66. The fraction of sp³-hybridized carbons (Fsp3) is 0.200. The Balaban J connectivity index is 3.29. The molecule has 0 aliphatic carbocycles. The molecule has 0 saturated heterocycles. The molecule has 0 aromatic heterocycles. The van der Waals surface area contributed by atoms with Crippen LogP contribution in [0.15, 0.2) is 24.8 Å². The van der Waals surface area contributed by atoms with Crippen LogP contribution in [0.5, 0.6) is 5.75 Å². The van der Waals surface area contributed by atoms with Gasteiger partial charge in [0.1, 0.15) is 5.75 Å². The summed E-state index contributed by atoms with van der Waals surface area (Å²) in [7, 11) is 1.21. The van der Waals surface area contributed by atoms with Crippen molar-refractivity contribution in [3.63, 3.8) is 0 Å². The third-order valence-corrected chi connectivity index (χ3v) is 1.76. The molecular weight excluding hydrogens is 193 g/mol. The first-order chi connectivity index (χ1) is 6.49. The highest BCUT2D eigenvalue weighted by Crippen LogP contribution is 2.36. The van der Waals surface area contributed by atoms with Crippen LogP contribution < -0.4 is 4.74 Å². The van der Waals surface area contributed by atoms with Crippen molar-refractivity contribution in [2.75, 3.05) is 7.11 Å². The van der Waals surface area contributed by atoms with E-state index in [2.05, 4.69) is 11.3 Å². The maximum absolute atomic E-state index is 12.4. The van der Waals surface area contributed by atoms with Gasteiger partial charge in [-0.05, 0) is 17.7 Å². The summed E-state index contributed by atoms with van der Waals surface area (Å²) in [6, 6.07) is 3.80. The zero-order valence-corrected chi connectivity index (χ0v) is 7.56. The van der Waals surface area contributed by atoms with Gasteiger partial charge in [-0.3, -0.25) is 0 Å². The van der Waals surface area contributed by atoms with Crippen molar-refractivity contribution in [3.8, 4) is 5.75 Å². The molecule has 0 aliphatic rings. The number of methoxy groups -OCH3 is 1. The van der Waals surface area contributed by atoms with E-state index in [1.54, 1.807) is 0 Å². The van der Waals surface area contributed by atoms with E-state index in [0.717, 1.165) is 6.07 Å². The van der Waals surface area contributed by atoms with Gasteiger partial charge in [0.15, 0.2) is 0 Å². The molecule has 76 valence electrons. The number of ether oxygens (including phenoxy) is 1. The molecule has 1 nitrogen and oxygen atoms in total. The summed E-state index contributed by atoms with van der Waals surface area (Å²) in [6.45, 7) is 3.40. The number of rotatable bonds is 2. The first kappa shape index (κ1) is 10.6. The highest BCUT2D eigenvalue weighted by atomic mass is 19.4. The zero-order valence-electron chi connectivity index (χ0n) is 7.56. The van der Waals surface area contributed by atoms with E-state index in [-0.39, 0.29) is 5.75 Å². The molecule has 1 rings (SSSR count). The van der Waals surface area contributed by atoms with E-state index in [0.29, 0.717) is 5.56 Å². The molecule has 14 heavy (non-hydrogen) atoms. The Morgan fingerprint density at radius 3 is 2.43 bits per heavy atom. The standard InChI is InChI=1S/C10H9F3O/c1-3-7-4-5-9(14-2)8(6-7)10(11,12)13/h3-6H,1H2,2H3. The van der Waals surface area contributed by atoms with Crippen molar-refractivity contribution in [2.24, 2.45) is 0 Å². The van der Waals surface area contributed by atoms with Gasteiger partial charge >= 0.3 is 6.18 Å². The molecule has 0 unspecified atom stereocenters. The molecule has 0 atom stereocenters. The monoisotopic (exact) mass is 202 g/mol. The Bertz CT molecular complexity index is 342. The van der Waals surface area contributed by atoms with Gasteiger partial charge in [-0.2, -0.15) is 13.2 Å². The van der Waals surface area contributed by atoms with E-state index >= 15 is 0 Å². The molecule has 0 aliphatic heterocycles. The third kappa shape index (κ3) is 2.07. The summed E-state index contributed by atoms with van der Waals surface area (Å²) in [4.78, 5) is 0. The molecule has 0 heterocycles. The van der Waals surface area contributed by atoms with Crippen LogP contribution in [0, 0.1) is 0 Å². The third-order valence-electron chi connectivity index (χ3n) is 1.76. The lowest BCUT2D eigenvalue weighted by molar-refractivity contribution is -0.138. The molecule has 0 fully saturated rings. The van der Waals surface area contributed by atoms with Gasteiger partial charge in [0, 0.05) is 0 Å². The summed E-state index contributed by atoms with van der Waals surface area (Å²) in [6.07, 6.45) is -3.04. The second-order valence-corrected chi connectivity index (χ2v) is 2.66. The van der Waals surface area contributed by atoms with E-state index in [9.17, 15) is 13.2 Å². The summed E-state index contributed by atoms with van der Waals surface area (Å²) in [5, 5.41) is 0. The van der Waals surface area contributed by atoms with Crippen molar-refractivity contribution in [2.45, 2.75) is 6.18 Å². The Labute approximate surface area is 79.8 Å². The summed E-state index contributed by atoms with van der Waals surface area (Å²) >= 11 is 0. The Kier molecular flexibility index (Phi) is 2.84. The maximum Gasteiger partial charge on any atom is 0.419 e. The van der Waals surface area contributed by atoms with E-state index in [1.807, 2.05) is 0 Å². The number of alkyl halides is 3. The normalized spacial score (nSPS) is 11.1. The van der Waals surface area contributed by atoms with E-state index < -0.39 is 11.7 Å². The highest BCUT2D eigenvalue weighted by molar-refractivity contribution is 5.52. The summed E-state index contributed by atoms with van der Waals surface area (Å²) < 4.78 is 41.9. The highest BCUT2D eigenvalue weighted by Gasteiger charge is 2.34. The molecule has 0 saturated carbocycles. The van der Waals surface area contributed by atoms with Crippen LogP contribution in [0.3, 0.4) is 0 Å². The molecule has 0 amide bonds. The molecule has 1 aromatic carbocycles. The maximum atomic E-state index is 12.4. The fourth-order valence-electron chi connectivity index (χ4n) is 1.07. The minimum atomic E-state index is -4.40. The molecule has 0 radical (unpaired) electrons. The average molecular weight is 202 g/mol. The predicted octanol–water partition coefficient (Wildman–Crippen LogP) is 3.36. The van der Waals surface area contributed by atoms with Gasteiger partial charge in [-0.15, -0.1) is 0 Å². The lowest BCUT2D eigenvalue weighted by atomic mass is 10.1. The Hall–Kier alpha value is -1.45. The summed E-state index contributed by atoms with van der Waals surface area (Å²) in [5.41, 5.74) is -0.365. The average Bonchev–Trinajstić information content (AvgIpc) is 2.15. The quantitative estimate of drug-likeness (QED) is 0.714. The number of benzene rings is 1.